The number of phenols is 1. The molecule has 1 aromatic carbocycles. The van der Waals surface area contributed by atoms with Gasteiger partial charge < -0.3 is 26.2 Å². The topological polar surface area (TPSA) is 128 Å². The summed E-state index contributed by atoms with van der Waals surface area (Å²) in [6, 6.07) is 3.25. The largest absolute Gasteiger partial charge is 0.507 e. The molecule has 0 radical (unpaired) electrons. The van der Waals surface area contributed by atoms with Crippen LogP contribution in [0.2, 0.25) is 0 Å². The van der Waals surface area contributed by atoms with Crippen LogP contribution in [-0.4, -0.2) is 51.7 Å². The van der Waals surface area contributed by atoms with Gasteiger partial charge in [-0.05, 0) is 88.2 Å². The Morgan fingerprint density at radius 3 is 1.89 bits per heavy atom. The van der Waals surface area contributed by atoms with Gasteiger partial charge >= 0.3 is 12.0 Å². The first-order valence-electron chi connectivity index (χ1n) is 16.1. The van der Waals surface area contributed by atoms with Crippen LogP contribution in [0.4, 0.5) is 10.5 Å². The first-order chi connectivity index (χ1) is 21.8. The van der Waals surface area contributed by atoms with E-state index in [0.29, 0.717) is 0 Å². The van der Waals surface area contributed by atoms with Gasteiger partial charge in [0.1, 0.15) is 11.3 Å². The quantitative estimate of drug-likeness (QED) is 0.0464. The number of benzene rings is 1. The molecule has 45 heavy (non-hydrogen) atoms. The van der Waals surface area contributed by atoms with Crippen LogP contribution < -0.4 is 16.0 Å². The standard InChI is InChI=1S/C36H53N3O5S/c1-4-7-8-9-10-11-12-13-14-15-16-17-18-19-20-21-22-23-28-45-36(5-2,6-3)34(43)37-26-27-38-35(44)39-30-24-25-32(40)31(29-30)33(41)42/h7-8,10-11,13-14,16-17,19-20,24-25,29,40H,4-6,9,12,15,18,21-23,26-28H2,1-3H3,(H,37,43)(H,41,42)(H2,38,39,44)/b8-7-,11-10-,14-13-,17-16-,20-19-. The van der Waals surface area contributed by atoms with E-state index in [0.717, 1.165) is 70.0 Å². The Labute approximate surface area is 274 Å². The first kappa shape index (κ1) is 39.3. The van der Waals surface area contributed by atoms with E-state index in [2.05, 4.69) is 83.6 Å². The van der Waals surface area contributed by atoms with Gasteiger partial charge in [-0.15, -0.1) is 11.8 Å². The summed E-state index contributed by atoms with van der Waals surface area (Å²) < 4.78 is -0.501. The molecule has 0 atom stereocenters. The number of carboxylic acids is 1. The Morgan fingerprint density at radius 1 is 0.778 bits per heavy atom. The summed E-state index contributed by atoms with van der Waals surface area (Å²) in [5.41, 5.74) is -0.0670. The second-order valence-electron chi connectivity index (χ2n) is 10.4. The van der Waals surface area contributed by atoms with Gasteiger partial charge in [0, 0.05) is 18.8 Å². The van der Waals surface area contributed by atoms with Crippen LogP contribution in [0, 0.1) is 0 Å². The third kappa shape index (κ3) is 17.4. The zero-order chi connectivity index (χ0) is 33.2. The number of unbranched alkanes of at least 4 members (excludes halogenated alkanes) is 2. The maximum atomic E-state index is 13.1. The highest BCUT2D eigenvalue weighted by Crippen LogP contribution is 2.33. The Kier molecular flexibility index (Phi) is 21.5. The van der Waals surface area contributed by atoms with Gasteiger partial charge in [-0.2, -0.15) is 0 Å². The van der Waals surface area contributed by atoms with Gasteiger partial charge in [0.25, 0.3) is 0 Å². The molecule has 0 bridgehead atoms. The number of aromatic carboxylic acids is 1. The third-order valence-corrected chi connectivity index (χ3v) is 8.85. The number of carboxylic acid groups (broad SMARTS) is 1. The van der Waals surface area contributed by atoms with E-state index in [9.17, 15) is 19.5 Å². The molecule has 0 unspecified atom stereocenters. The highest BCUT2D eigenvalue weighted by atomic mass is 32.2. The van der Waals surface area contributed by atoms with Gasteiger partial charge in [0.15, 0.2) is 0 Å². The molecule has 8 nitrogen and oxygen atoms in total. The van der Waals surface area contributed by atoms with Crippen molar-refractivity contribution in [3.8, 4) is 5.75 Å². The highest BCUT2D eigenvalue weighted by Gasteiger charge is 2.34. The van der Waals surface area contributed by atoms with E-state index in [-0.39, 0.29) is 36.0 Å². The van der Waals surface area contributed by atoms with Crippen LogP contribution in [-0.2, 0) is 4.79 Å². The number of thioether (sulfide) groups is 1. The summed E-state index contributed by atoms with van der Waals surface area (Å²) in [5.74, 6) is -0.791. The molecule has 0 fully saturated rings. The number of urea groups is 1. The lowest BCUT2D eigenvalue weighted by molar-refractivity contribution is -0.123. The van der Waals surface area contributed by atoms with Crippen molar-refractivity contribution in [3.63, 3.8) is 0 Å². The van der Waals surface area contributed by atoms with Gasteiger partial charge in [-0.25, -0.2) is 9.59 Å². The summed E-state index contributed by atoms with van der Waals surface area (Å²) >= 11 is 1.71. The van der Waals surface area contributed by atoms with Crippen LogP contribution in [0.1, 0.15) is 95.3 Å². The monoisotopic (exact) mass is 639 g/mol. The average Bonchev–Trinajstić information content (AvgIpc) is 3.03. The van der Waals surface area contributed by atoms with E-state index in [4.69, 9.17) is 5.11 Å². The van der Waals surface area contributed by atoms with Crippen molar-refractivity contribution in [1.29, 1.82) is 0 Å². The van der Waals surface area contributed by atoms with Gasteiger partial charge in [0.05, 0.1) is 4.75 Å². The van der Waals surface area contributed by atoms with Crippen molar-refractivity contribution in [2.75, 3.05) is 24.2 Å². The fourth-order valence-corrected chi connectivity index (χ4v) is 5.67. The lowest BCUT2D eigenvalue weighted by atomic mass is 10.0. The van der Waals surface area contributed by atoms with Crippen molar-refractivity contribution in [1.82, 2.24) is 10.6 Å². The fourth-order valence-electron chi connectivity index (χ4n) is 4.31. The SMILES string of the molecule is CC/C=C\C/C=C\C/C=C\C/C=C\C/C=C\CCCCSC(CC)(CC)C(=O)NCCNC(=O)Nc1ccc(O)c(C(=O)O)c1. The predicted molar refractivity (Wildman–Crippen MR) is 189 cm³/mol. The van der Waals surface area contributed by atoms with Crippen LogP contribution in [0.25, 0.3) is 0 Å². The molecular formula is C36H53N3O5S. The summed E-state index contributed by atoms with van der Waals surface area (Å²) in [7, 11) is 0. The number of anilines is 1. The Hall–Kier alpha value is -3.72. The Morgan fingerprint density at radius 2 is 1.33 bits per heavy atom. The molecule has 0 aliphatic heterocycles. The number of hydrogen-bond acceptors (Lipinski definition) is 5. The number of carbonyl (C=O) groups excluding carboxylic acids is 2. The predicted octanol–water partition coefficient (Wildman–Crippen LogP) is 8.54. The molecule has 1 rings (SSSR count). The van der Waals surface area contributed by atoms with Gasteiger partial charge in [-0.3, -0.25) is 4.79 Å². The van der Waals surface area contributed by atoms with Crippen LogP contribution >= 0.6 is 11.8 Å². The molecule has 5 N–H and O–H groups in total. The molecule has 3 amide bonds. The highest BCUT2D eigenvalue weighted by molar-refractivity contribution is 8.01. The number of amides is 3. The zero-order valence-electron chi connectivity index (χ0n) is 27.2. The molecule has 9 heteroatoms. The van der Waals surface area contributed by atoms with Crippen molar-refractivity contribution in [2.24, 2.45) is 0 Å². The minimum absolute atomic E-state index is 0.0258. The minimum Gasteiger partial charge on any atom is -0.507 e. The number of rotatable bonds is 23. The van der Waals surface area contributed by atoms with E-state index in [1.165, 1.54) is 18.2 Å². The summed E-state index contributed by atoms with van der Waals surface area (Å²) in [5, 5.41) is 26.8. The molecule has 0 aliphatic carbocycles. The smallest absolute Gasteiger partial charge is 0.339 e. The zero-order valence-corrected chi connectivity index (χ0v) is 28.0. The van der Waals surface area contributed by atoms with Crippen molar-refractivity contribution < 1.29 is 24.6 Å². The van der Waals surface area contributed by atoms with Crippen molar-refractivity contribution in [2.45, 2.75) is 89.7 Å². The van der Waals surface area contributed by atoms with E-state index >= 15 is 0 Å². The summed E-state index contributed by atoms with van der Waals surface area (Å²) in [6.45, 7) is 6.69. The molecule has 0 saturated heterocycles. The van der Waals surface area contributed by atoms with E-state index in [1.807, 2.05) is 13.8 Å². The normalized spacial score (nSPS) is 12.2. The molecule has 0 spiro atoms. The van der Waals surface area contributed by atoms with Gasteiger partial charge in [-0.1, -0.05) is 81.5 Å². The number of carbonyl (C=O) groups is 3. The maximum Gasteiger partial charge on any atom is 0.339 e. The molecule has 0 heterocycles. The molecule has 248 valence electrons. The maximum absolute atomic E-state index is 13.1. The Balaban J connectivity index is 2.24. The van der Waals surface area contributed by atoms with E-state index in [1.54, 1.807) is 11.8 Å². The van der Waals surface area contributed by atoms with Crippen LogP contribution in [0.3, 0.4) is 0 Å². The van der Waals surface area contributed by atoms with E-state index < -0.39 is 16.7 Å². The molecule has 0 saturated carbocycles. The second-order valence-corrected chi connectivity index (χ2v) is 11.9. The summed E-state index contributed by atoms with van der Waals surface area (Å²) in [6.07, 6.45) is 31.6. The van der Waals surface area contributed by atoms with Crippen molar-refractivity contribution in [3.05, 3.63) is 84.5 Å². The van der Waals surface area contributed by atoms with Crippen molar-refractivity contribution >= 4 is 35.4 Å². The molecule has 0 aliphatic rings. The number of allylic oxidation sites excluding steroid dienone is 10. The third-order valence-electron chi connectivity index (χ3n) is 7.04. The summed E-state index contributed by atoms with van der Waals surface area (Å²) in [4.78, 5) is 36.4. The molecule has 1 aromatic rings. The van der Waals surface area contributed by atoms with Gasteiger partial charge in [0.2, 0.25) is 5.91 Å². The lowest BCUT2D eigenvalue weighted by Gasteiger charge is -2.29. The number of nitrogens with one attached hydrogen (secondary N) is 3. The van der Waals surface area contributed by atoms with Crippen LogP contribution in [0.5, 0.6) is 5.75 Å². The molecule has 0 aromatic heterocycles. The number of aromatic hydroxyl groups is 1. The first-order valence-corrected chi connectivity index (χ1v) is 17.1. The Bertz CT molecular complexity index is 1170. The lowest BCUT2D eigenvalue weighted by Crippen LogP contribution is -2.46. The van der Waals surface area contributed by atoms with Crippen LogP contribution in [0.15, 0.2) is 79.0 Å². The second kappa shape index (κ2) is 24.6. The minimum atomic E-state index is -1.29. The fraction of sp³-hybridized carbons (Fsp3) is 0.472. The number of hydrogen-bond donors (Lipinski definition) is 5. The average molecular weight is 640 g/mol. The molecular weight excluding hydrogens is 586 g/mol.